The Morgan fingerprint density at radius 2 is 1.35 bits per heavy atom. The van der Waals surface area contributed by atoms with E-state index in [0.29, 0.717) is 10.0 Å². The Labute approximate surface area is 150 Å². The first-order chi connectivity index (χ1) is 10.6. The predicted molar refractivity (Wildman–Crippen MR) is 100 cm³/mol. The minimum absolute atomic E-state index is 0. The molecule has 0 amide bonds. The Kier molecular flexibility index (Phi) is 8.11. The van der Waals surface area contributed by atoms with Crippen molar-refractivity contribution < 1.29 is 0 Å². The van der Waals surface area contributed by atoms with Crippen molar-refractivity contribution in [3.05, 3.63) is 69.7 Å². The number of hydrogen-bond acceptors (Lipinski definition) is 3. The second-order valence-electron chi connectivity index (χ2n) is 4.20. The number of nitrogens with two attached hydrogens (primary N) is 1. The summed E-state index contributed by atoms with van der Waals surface area (Å²) in [6, 6.07) is 14.4. The molecule has 0 saturated heterocycles. The lowest BCUT2D eigenvalue weighted by Gasteiger charge is -1.96. The van der Waals surface area contributed by atoms with Gasteiger partial charge < -0.3 is 5.73 Å². The predicted octanol–water partition coefficient (Wildman–Crippen LogP) is 3.69. The number of rotatable bonds is 4. The van der Waals surface area contributed by atoms with Gasteiger partial charge in [0.15, 0.2) is 0 Å². The van der Waals surface area contributed by atoms with E-state index in [1.54, 1.807) is 36.7 Å². The first kappa shape index (κ1) is 19.0. The number of nitrogens with zero attached hydrogens (tertiary/aromatic N) is 3. The SMILES string of the molecule is Cl.N/C(=N\N=C\c1ccc(Cl)cc1)N/N=C/c1ccc(Cl)cc1. The van der Waals surface area contributed by atoms with E-state index >= 15 is 0 Å². The van der Waals surface area contributed by atoms with Crippen LogP contribution in [-0.2, 0) is 0 Å². The number of guanidine groups is 1. The zero-order valence-electron chi connectivity index (χ0n) is 11.9. The molecular formula is C15H14Cl3N5. The van der Waals surface area contributed by atoms with E-state index < -0.39 is 0 Å². The van der Waals surface area contributed by atoms with Gasteiger partial charge in [-0.15, -0.1) is 17.5 Å². The van der Waals surface area contributed by atoms with Gasteiger partial charge in [-0.3, -0.25) is 0 Å². The molecule has 2 aromatic rings. The van der Waals surface area contributed by atoms with Crippen molar-refractivity contribution in [1.82, 2.24) is 5.43 Å². The zero-order chi connectivity index (χ0) is 15.8. The quantitative estimate of drug-likeness (QED) is 0.489. The third-order valence-electron chi connectivity index (χ3n) is 2.51. The number of hydrazone groups is 1. The summed E-state index contributed by atoms with van der Waals surface area (Å²) < 4.78 is 0. The van der Waals surface area contributed by atoms with Gasteiger partial charge in [0.2, 0.25) is 5.96 Å². The fraction of sp³-hybridized carbons (Fsp3) is 0. The number of nitrogens with one attached hydrogen (secondary N) is 1. The minimum atomic E-state index is 0. The third-order valence-corrected chi connectivity index (χ3v) is 3.01. The topological polar surface area (TPSA) is 75.1 Å². The van der Waals surface area contributed by atoms with Gasteiger partial charge in [0.25, 0.3) is 0 Å². The van der Waals surface area contributed by atoms with Crippen LogP contribution in [0.15, 0.2) is 63.8 Å². The molecule has 0 fully saturated rings. The highest BCUT2D eigenvalue weighted by atomic mass is 35.5. The molecule has 0 atom stereocenters. The number of benzene rings is 2. The first-order valence-corrected chi connectivity index (χ1v) is 7.06. The molecule has 2 rings (SSSR count). The molecule has 0 bridgehead atoms. The van der Waals surface area contributed by atoms with Gasteiger partial charge in [-0.1, -0.05) is 47.5 Å². The van der Waals surface area contributed by atoms with Crippen LogP contribution in [0.3, 0.4) is 0 Å². The number of hydrogen-bond donors (Lipinski definition) is 2. The van der Waals surface area contributed by atoms with E-state index in [0.717, 1.165) is 11.1 Å². The highest BCUT2D eigenvalue weighted by Gasteiger charge is 1.90. The van der Waals surface area contributed by atoms with Gasteiger partial charge in [0.05, 0.1) is 12.4 Å². The first-order valence-electron chi connectivity index (χ1n) is 6.30. The van der Waals surface area contributed by atoms with Crippen molar-refractivity contribution in [2.75, 3.05) is 0 Å². The van der Waals surface area contributed by atoms with E-state index in [4.69, 9.17) is 28.9 Å². The van der Waals surface area contributed by atoms with Crippen LogP contribution in [0.2, 0.25) is 10.0 Å². The van der Waals surface area contributed by atoms with Crippen molar-refractivity contribution in [3.8, 4) is 0 Å². The molecule has 0 aliphatic heterocycles. The monoisotopic (exact) mass is 369 g/mol. The molecule has 0 unspecified atom stereocenters. The molecule has 5 nitrogen and oxygen atoms in total. The zero-order valence-corrected chi connectivity index (χ0v) is 14.2. The fourth-order valence-electron chi connectivity index (χ4n) is 1.45. The summed E-state index contributed by atoms with van der Waals surface area (Å²) in [5.74, 6) is 0.0791. The summed E-state index contributed by atoms with van der Waals surface area (Å²) in [6.45, 7) is 0. The van der Waals surface area contributed by atoms with E-state index in [1.165, 1.54) is 0 Å². The standard InChI is InChI=1S/C15H13Cl2N5.ClH/c16-13-5-1-11(2-6-13)9-19-21-15(18)22-20-10-12-3-7-14(17)8-4-12;/h1-10H,(H3,18,21,22);1H/b19-9+,20-10+;. The molecular weight excluding hydrogens is 357 g/mol. The van der Waals surface area contributed by atoms with Crippen LogP contribution in [0.25, 0.3) is 0 Å². The van der Waals surface area contributed by atoms with E-state index in [9.17, 15) is 0 Å². The summed E-state index contributed by atoms with van der Waals surface area (Å²) in [6.07, 6.45) is 3.16. The smallest absolute Gasteiger partial charge is 0.234 e. The Morgan fingerprint density at radius 1 is 0.870 bits per heavy atom. The lowest BCUT2D eigenvalue weighted by atomic mass is 10.2. The fourth-order valence-corrected chi connectivity index (χ4v) is 1.70. The second kappa shape index (κ2) is 9.84. The molecule has 0 aliphatic carbocycles. The molecule has 120 valence electrons. The molecule has 0 saturated carbocycles. The molecule has 0 spiro atoms. The molecule has 3 N–H and O–H groups in total. The second-order valence-corrected chi connectivity index (χ2v) is 5.08. The van der Waals surface area contributed by atoms with Crippen molar-refractivity contribution in [2.45, 2.75) is 0 Å². The van der Waals surface area contributed by atoms with Crippen molar-refractivity contribution in [1.29, 1.82) is 0 Å². The maximum absolute atomic E-state index is 5.79. The van der Waals surface area contributed by atoms with Crippen LogP contribution < -0.4 is 11.2 Å². The van der Waals surface area contributed by atoms with E-state index in [-0.39, 0.29) is 18.4 Å². The summed E-state index contributed by atoms with van der Waals surface area (Å²) in [7, 11) is 0. The van der Waals surface area contributed by atoms with Crippen LogP contribution in [0.5, 0.6) is 0 Å². The van der Waals surface area contributed by atoms with Crippen LogP contribution in [0, 0.1) is 0 Å². The van der Waals surface area contributed by atoms with Crippen molar-refractivity contribution in [3.63, 3.8) is 0 Å². The van der Waals surface area contributed by atoms with Gasteiger partial charge in [-0.25, -0.2) is 5.43 Å². The molecule has 0 heterocycles. The lowest BCUT2D eigenvalue weighted by Crippen LogP contribution is -2.26. The van der Waals surface area contributed by atoms with E-state index in [2.05, 4.69) is 20.7 Å². The third kappa shape index (κ3) is 7.15. The van der Waals surface area contributed by atoms with Crippen molar-refractivity contribution >= 4 is 54.0 Å². The molecule has 0 aromatic heterocycles. The Balaban J connectivity index is 0.00000264. The Hall–Kier alpha value is -2.08. The van der Waals surface area contributed by atoms with Crippen LogP contribution in [0.4, 0.5) is 0 Å². The average Bonchev–Trinajstić information content (AvgIpc) is 2.51. The van der Waals surface area contributed by atoms with E-state index in [1.807, 2.05) is 24.3 Å². The molecule has 0 radical (unpaired) electrons. The normalized spacial score (nSPS) is 11.7. The van der Waals surface area contributed by atoms with Crippen LogP contribution >= 0.6 is 35.6 Å². The van der Waals surface area contributed by atoms with Crippen LogP contribution in [0.1, 0.15) is 11.1 Å². The minimum Gasteiger partial charge on any atom is -0.367 e. The number of halogens is 3. The largest absolute Gasteiger partial charge is 0.367 e. The molecule has 2 aromatic carbocycles. The van der Waals surface area contributed by atoms with Gasteiger partial charge in [-0.05, 0) is 35.4 Å². The Morgan fingerprint density at radius 3 is 1.87 bits per heavy atom. The molecule has 8 heteroatoms. The van der Waals surface area contributed by atoms with Gasteiger partial charge in [0.1, 0.15) is 0 Å². The van der Waals surface area contributed by atoms with Gasteiger partial charge in [0, 0.05) is 10.0 Å². The summed E-state index contributed by atoms with van der Waals surface area (Å²) in [4.78, 5) is 0. The van der Waals surface area contributed by atoms with Crippen molar-refractivity contribution in [2.24, 2.45) is 21.0 Å². The Bertz CT molecular complexity index is 694. The summed E-state index contributed by atoms with van der Waals surface area (Å²) >= 11 is 11.6. The summed E-state index contributed by atoms with van der Waals surface area (Å²) in [5.41, 5.74) is 9.94. The lowest BCUT2D eigenvalue weighted by molar-refractivity contribution is 0.994. The molecule has 0 aliphatic rings. The summed E-state index contributed by atoms with van der Waals surface area (Å²) in [5, 5.41) is 12.9. The maximum atomic E-state index is 5.79. The highest BCUT2D eigenvalue weighted by molar-refractivity contribution is 6.30. The van der Waals surface area contributed by atoms with Gasteiger partial charge >= 0.3 is 0 Å². The highest BCUT2D eigenvalue weighted by Crippen LogP contribution is 2.08. The van der Waals surface area contributed by atoms with Crippen LogP contribution in [-0.4, -0.2) is 18.4 Å². The molecule has 23 heavy (non-hydrogen) atoms. The average molecular weight is 371 g/mol. The van der Waals surface area contributed by atoms with Gasteiger partial charge in [-0.2, -0.15) is 10.2 Å². The maximum Gasteiger partial charge on any atom is 0.234 e.